The fraction of sp³-hybridized carbons (Fsp3) is 0.268. The van der Waals surface area contributed by atoms with Crippen LogP contribution >= 0.6 is 11.6 Å². The molecule has 1 saturated carbocycles. The number of imide groups is 2. The first-order valence-electron chi connectivity index (χ1n) is 17.8. The Morgan fingerprint density at radius 2 is 1.36 bits per heavy atom. The number of rotatable bonds is 5. The van der Waals surface area contributed by atoms with Crippen molar-refractivity contribution < 1.29 is 68.5 Å². The Morgan fingerprint density at radius 3 is 1.97 bits per heavy atom. The van der Waals surface area contributed by atoms with E-state index in [9.17, 15) is 59.0 Å². The molecule has 2 aliphatic heterocycles. The Labute approximate surface area is 332 Å². The number of carbonyl (C=O) groups is 4. The van der Waals surface area contributed by atoms with E-state index in [2.05, 4.69) is 4.74 Å². The molecule has 18 heteroatoms. The van der Waals surface area contributed by atoms with E-state index in [0.717, 1.165) is 23.1 Å². The number of carbonyl (C=O) groups excluding carboxylic acids is 4. The summed E-state index contributed by atoms with van der Waals surface area (Å²) in [7, 11) is 0. The van der Waals surface area contributed by atoms with Crippen molar-refractivity contribution in [1.82, 2.24) is 0 Å². The number of anilines is 2. The van der Waals surface area contributed by atoms with Crippen LogP contribution in [0.1, 0.15) is 41.0 Å². The highest BCUT2D eigenvalue weighted by atomic mass is 35.5. The highest BCUT2D eigenvalue weighted by molar-refractivity contribution is 6.32. The molecule has 2 aliphatic carbocycles. The first-order valence-corrected chi connectivity index (χ1v) is 18.2. The molecule has 2 saturated heterocycles. The fourth-order valence-corrected chi connectivity index (χ4v) is 9.56. The number of halogens is 10. The van der Waals surface area contributed by atoms with Crippen molar-refractivity contribution in [3.8, 4) is 11.5 Å². The van der Waals surface area contributed by atoms with Crippen LogP contribution in [0.15, 0.2) is 103 Å². The molecule has 4 aromatic rings. The van der Waals surface area contributed by atoms with Crippen molar-refractivity contribution in [2.45, 2.75) is 42.9 Å². The number of allylic oxidation sites excluding steroid dienone is 2. The van der Waals surface area contributed by atoms with Crippen LogP contribution in [-0.2, 0) is 36.9 Å². The number of ether oxygens (including phenoxy) is 1. The Bertz CT molecular complexity index is 2440. The molecular formula is C41H26ClF9N2O6. The summed E-state index contributed by atoms with van der Waals surface area (Å²) in [6, 6.07) is 16.2. The molecule has 0 spiro atoms. The Balaban J connectivity index is 1.35. The highest BCUT2D eigenvalue weighted by Crippen LogP contribution is 2.65. The second-order valence-electron chi connectivity index (χ2n) is 14.6. The van der Waals surface area contributed by atoms with Gasteiger partial charge in [-0.2, -0.15) is 26.3 Å². The Morgan fingerprint density at radius 1 is 0.695 bits per heavy atom. The summed E-state index contributed by atoms with van der Waals surface area (Å²) in [4.78, 5) is 59.8. The van der Waals surface area contributed by atoms with Crippen LogP contribution in [0.4, 0.5) is 50.9 Å². The number of alkyl halides is 9. The number of hydrogen-bond acceptors (Lipinski definition) is 6. The third-order valence-corrected chi connectivity index (χ3v) is 11.8. The molecule has 0 unspecified atom stereocenters. The number of phenols is 1. The van der Waals surface area contributed by atoms with Crippen molar-refractivity contribution >= 4 is 46.6 Å². The van der Waals surface area contributed by atoms with Gasteiger partial charge in [-0.3, -0.25) is 19.2 Å². The number of fused-ring (bicyclic) bond motifs is 4. The van der Waals surface area contributed by atoms with Gasteiger partial charge in [0.05, 0.1) is 45.7 Å². The first kappa shape index (κ1) is 40.0. The van der Waals surface area contributed by atoms with Gasteiger partial charge in [0.1, 0.15) is 11.5 Å². The van der Waals surface area contributed by atoms with Gasteiger partial charge < -0.3 is 9.84 Å². The highest BCUT2D eigenvalue weighted by Gasteiger charge is 2.70. The zero-order chi connectivity index (χ0) is 42.6. The summed E-state index contributed by atoms with van der Waals surface area (Å²) in [5.41, 5.74) is -6.68. The molecule has 8 nitrogen and oxygen atoms in total. The van der Waals surface area contributed by atoms with Crippen LogP contribution in [0.3, 0.4) is 0 Å². The van der Waals surface area contributed by atoms with Gasteiger partial charge in [-0.05, 0) is 78.9 Å². The molecule has 4 aromatic carbocycles. The number of nitrogens with zero attached hydrogens (tertiary/aromatic N) is 2. The minimum absolute atomic E-state index is 0.00692. The van der Waals surface area contributed by atoms with Gasteiger partial charge >= 0.3 is 18.7 Å². The predicted molar refractivity (Wildman–Crippen MR) is 190 cm³/mol. The summed E-state index contributed by atoms with van der Waals surface area (Å²) in [6.45, 7) is 0. The zero-order valence-electron chi connectivity index (χ0n) is 29.7. The van der Waals surface area contributed by atoms with Crippen molar-refractivity contribution in [1.29, 1.82) is 0 Å². The summed E-state index contributed by atoms with van der Waals surface area (Å²) in [5.74, 6) is -12.8. The first-order chi connectivity index (χ1) is 27.6. The van der Waals surface area contributed by atoms with Gasteiger partial charge in [0.15, 0.2) is 0 Å². The molecular weight excluding hydrogens is 823 g/mol. The minimum Gasteiger partial charge on any atom is -0.508 e. The van der Waals surface area contributed by atoms with Gasteiger partial charge in [0, 0.05) is 16.5 Å². The maximum absolute atomic E-state index is 15.3. The second kappa shape index (κ2) is 13.6. The molecule has 1 N–H and O–H groups in total. The number of hydrogen-bond donors (Lipinski definition) is 1. The van der Waals surface area contributed by atoms with Crippen LogP contribution in [0, 0.1) is 23.7 Å². The van der Waals surface area contributed by atoms with E-state index in [1.54, 1.807) is 18.2 Å². The third-order valence-electron chi connectivity index (χ3n) is 11.5. The van der Waals surface area contributed by atoms with E-state index >= 15 is 4.79 Å². The maximum atomic E-state index is 15.3. The van der Waals surface area contributed by atoms with Gasteiger partial charge in [-0.25, -0.2) is 9.80 Å². The summed E-state index contributed by atoms with van der Waals surface area (Å²) in [6.07, 6.45) is -15.2. The topological polar surface area (TPSA) is 104 Å². The van der Waals surface area contributed by atoms with E-state index < -0.39 is 112 Å². The van der Waals surface area contributed by atoms with Crippen molar-refractivity contribution in [2.24, 2.45) is 23.7 Å². The molecule has 3 fully saturated rings. The van der Waals surface area contributed by atoms with E-state index in [1.807, 2.05) is 0 Å². The van der Waals surface area contributed by atoms with Crippen molar-refractivity contribution in [2.75, 3.05) is 9.80 Å². The van der Waals surface area contributed by atoms with Gasteiger partial charge in [-0.15, -0.1) is 13.2 Å². The number of phenolic OH excluding ortho intramolecular Hbond substituents is 1. The normalized spacial score (nSPS) is 25.8. The van der Waals surface area contributed by atoms with E-state index in [-0.39, 0.29) is 56.9 Å². The number of benzene rings is 4. The average molecular weight is 849 g/mol. The van der Waals surface area contributed by atoms with Crippen LogP contribution in [0.5, 0.6) is 11.5 Å². The minimum atomic E-state index is -5.32. The molecule has 0 radical (unpaired) electrons. The molecule has 6 atom stereocenters. The van der Waals surface area contributed by atoms with Gasteiger partial charge in [0.25, 0.3) is 0 Å². The van der Waals surface area contributed by atoms with Crippen molar-refractivity contribution in [3.63, 3.8) is 0 Å². The molecule has 2 heterocycles. The molecule has 4 aliphatic rings. The molecule has 8 rings (SSSR count). The van der Waals surface area contributed by atoms with E-state index in [4.69, 9.17) is 11.6 Å². The molecule has 0 aromatic heterocycles. The van der Waals surface area contributed by atoms with Crippen LogP contribution in [-0.4, -0.2) is 35.1 Å². The lowest BCUT2D eigenvalue weighted by atomic mass is 9.49. The number of aromatic hydroxyl groups is 1. The van der Waals surface area contributed by atoms with Gasteiger partial charge in [0.2, 0.25) is 23.6 Å². The summed E-state index contributed by atoms with van der Waals surface area (Å²) in [5, 5.41) is 11.6. The predicted octanol–water partition coefficient (Wildman–Crippen LogP) is 9.35. The Hall–Kier alpha value is -5.84. The summed E-state index contributed by atoms with van der Waals surface area (Å²) < 4.78 is 128. The van der Waals surface area contributed by atoms with Crippen molar-refractivity contribution in [3.05, 3.63) is 130 Å². The quantitative estimate of drug-likeness (QED) is 0.122. The maximum Gasteiger partial charge on any atom is 0.573 e. The van der Waals surface area contributed by atoms with E-state index in [0.29, 0.717) is 0 Å². The second-order valence-corrected chi connectivity index (χ2v) is 15.1. The molecule has 0 bridgehead atoms. The average Bonchev–Trinajstić information content (AvgIpc) is 3.55. The lowest BCUT2D eigenvalue weighted by Crippen LogP contribution is -2.53. The standard InChI is InChI=1S/C41H26ClF9N2O6/c42-22-7-4-8-23(16-22)53-35(56)30-18-28-26(10-11-27-32(28)36(57)52(34(27)55)24-14-20(39(43,44)45)13-21(15-24)40(46,47)48)33(38(30,37(53)58)19-5-2-1-3-6-19)29-17-25(9-12-31(29)54)59-41(49,50)51/h1-10,12-17,27-28,30,32-33,54H,11,18H2/t27-,28+,30-,32-,33+,38+/m0/s1. The monoisotopic (exact) mass is 848 g/mol. The molecule has 59 heavy (non-hydrogen) atoms. The van der Waals surface area contributed by atoms with Crippen LogP contribution in [0.2, 0.25) is 5.02 Å². The Kier molecular flexibility index (Phi) is 9.22. The molecule has 4 amide bonds. The SMILES string of the molecule is O=C1[C@H]2[C@H](CC=C3[C@H]2C[C@H]2C(=O)N(c4cccc(Cl)c4)C(=O)[C@@]2(c2ccccc2)[C@H]3c2cc(OC(F)(F)F)ccc2O)C(=O)N1c1cc(C(F)(F)F)cc(C(F)(F)F)c1. The fourth-order valence-electron chi connectivity index (χ4n) is 9.37. The van der Waals surface area contributed by atoms with Gasteiger partial charge in [-0.1, -0.05) is 59.6 Å². The lowest BCUT2D eigenvalue weighted by molar-refractivity contribution is -0.274. The zero-order valence-corrected chi connectivity index (χ0v) is 30.5. The van der Waals surface area contributed by atoms with E-state index in [1.165, 1.54) is 42.5 Å². The largest absolute Gasteiger partial charge is 0.573 e. The molecule has 306 valence electrons. The van der Waals surface area contributed by atoms with Crippen LogP contribution in [0.25, 0.3) is 0 Å². The number of amides is 4. The third kappa shape index (κ3) is 6.40. The van der Waals surface area contributed by atoms with Crippen LogP contribution < -0.4 is 14.5 Å². The summed E-state index contributed by atoms with van der Waals surface area (Å²) >= 11 is 6.27. The lowest BCUT2D eigenvalue weighted by Gasteiger charge is -2.50. The smallest absolute Gasteiger partial charge is 0.508 e.